The monoisotopic (exact) mass is 363 g/mol. The van der Waals surface area contributed by atoms with Crippen LogP contribution in [0.25, 0.3) is 0 Å². The number of aliphatic imine (C=N–C) groups is 1. The molecule has 2 aliphatic rings. The molecule has 1 aromatic rings. The maximum Gasteiger partial charge on any atom is 0.262 e. The number of carbonyl (C=O) groups is 1. The van der Waals surface area contributed by atoms with Gasteiger partial charge in [-0.3, -0.25) is 4.79 Å². The Morgan fingerprint density at radius 2 is 2.08 bits per heavy atom. The molecular weight excluding hydrogens is 346 g/mol. The van der Waals surface area contributed by atoms with E-state index in [4.69, 9.17) is 5.26 Å². The molecule has 8 heteroatoms. The van der Waals surface area contributed by atoms with E-state index >= 15 is 0 Å². The second-order valence-electron chi connectivity index (χ2n) is 6.04. The number of nitriles is 1. The molecule has 2 atom stereocenters. The van der Waals surface area contributed by atoms with Crippen molar-refractivity contribution in [3.63, 3.8) is 0 Å². The van der Waals surface area contributed by atoms with Crippen LogP contribution in [0.2, 0.25) is 0 Å². The van der Waals surface area contributed by atoms with Crippen molar-refractivity contribution in [2.75, 3.05) is 11.5 Å². The van der Waals surface area contributed by atoms with E-state index < -0.39 is 15.7 Å². The van der Waals surface area contributed by atoms with Crippen LogP contribution in [0.1, 0.15) is 17.5 Å². The zero-order valence-corrected chi connectivity index (χ0v) is 14.8. The van der Waals surface area contributed by atoms with Crippen LogP contribution < -0.4 is 0 Å². The Morgan fingerprint density at radius 3 is 2.75 bits per heavy atom. The molecule has 0 bridgehead atoms. The molecule has 2 heterocycles. The van der Waals surface area contributed by atoms with Gasteiger partial charge in [-0.25, -0.2) is 8.42 Å². The molecule has 2 unspecified atom stereocenters. The van der Waals surface area contributed by atoms with Gasteiger partial charge in [-0.1, -0.05) is 41.6 Å². The Morgan fingerprint density at radius 1 is 1.38 bits per heavy atom. The highest BCUT2D eigenvalue weighted by Crippen LogP contribution is 2.39. The lowest BCUT2D eigenvalue weighted by Gasteiger charge is -2.24. The van der Waals surface area contributed by atoms with Crippen LogP contribution in [0.15, 0.2) is 29.3 Å². The third-order valence-corrected chi connectivity index (χ3v) is 7.35. The lowest BCUT2D eigenvalue weighted by Crippen LogP contribution is -2.37. The van der Waals surface area contributed by atoms with E-state index in [1.807, 2.05) is 36.1 Å². The second kappa shape index (κ2) is 6.57. The summed E-state index contributed by atoms with van der Waals surface area (Å²) in [6, 6.07) is 9.61. The molecule has 0 aliphatic carbocycles. The highest BCUT2D eigenvalue weighted by molar-refractivity contribution is 8.15. The van der Waals surface area contributed by atoms with Crippen LogP contribution in [0, 0.1) is 18.3 Å². The second-order valence-corrected chi connectivity index (χ2v) is 9.40. The minimum atomic E-state index is -3.05. The fourth-order valence-electron chi connectivity index (χ4n) is 2.92. The van der Waals surface area contributed by atoms with Crippen LogP contribution in [0.5, 0.6) is 0 Å². The van der Waals surface area contributed by atoms with Crippen LogP contribution >= 0.6 is 11.8 Å². The largest absolute Gasteiger partial charge is 0.342 e. The number of benzene rings is 1. The van der Waals surface area contributed by atoms with E-state index in [0.29, 0.717) is 11.7 Å². The number of hydrogen-bond donors (Lipinski definition) is 0. The summed E-state index contributed by atoms with van der Waals surface area (Å²) in [5.41, 5.74) is 2.18. The number of sulfone groups is 1. The van der Waals surface area contributed by atoms with Crippen molar-refractivity contribution in [3.8, 4) is 6.07 Å². The Hall–Kier alpha value is -1.85. The molecule has 0 aromatic heterocycles. The molecule has 0 saturated carbocycles. The summed E-state index contributed by atoms with van der Waals surface area (Å²) in [6.45, 7) is 2.51. The molecular formula is C16H17N3O3S2. The first-order chi connectivity index (χ1) is 11.4. The molecule has 0 radical (unpaired) electrons. The first-order valence-corrected chi connectivity index (χ1v) is 10.3. The highest BCUT2D eigenvalue weighted by atomic mass is 32.2. The molecule has 24 heavy (non-hydrogen) atoms. The zero-order valence-electron chi connectivity index (χ0n) is 13.2. The van der Waals surface area contributed by atoms with Crippen LogP contribution in [0.3, 0.4) is 0 Å². The highest BCUT2D eigenvalue weighted by Gasteiger charge is 2.48. The number of nitrogens with zero attached hydrogens (tertiary/aromatic N) is 3. The first-order valence-electron chi connectivity index (χ1n) is 7.56. The van der Waals surface area contributed by atoms with Gasteiger partial charge in [0.15, 0.2) is 15.0 Å². The molecule has 0 N–H and O–H groups in total. The lowest BCUT2D eigenvalue weighted by atomic mass is 10.1. The van der Waals surface area contributed by atoms with Crippen LogP contribution in [0.4, 0.5) is 0 Å². The SMILES string of the molecule is Cc1ccc(CN2C(=NC(=O)CC#N)SC3CS(=O)(=O)CC32)cc1. The van der Waals surface area contributed by atoms with Crippen molar-refractivity contribution in [1.82, 2.24) is 4.90 Å². The number of amidine groups is 1. The van der Waals surface area contributed by atoms with E-state index in [9.17, 15) is 13.2 Å². The van der Waals surface area contributed by atoms with E-state index in [1.165, 1.54) is 11.8 Å². The average molecular weight is 363 g/mol. The molecule has 3 rings (SSSR count). The third-order valence-electron chi connectivity index (χ3n) is 4.10. The predicted molar refractivity (Wildman–Crippen MR) is 93.2 cm³/mol. The molecule has 1 aromatic carbocycles. The third kappa shape index (κ3) is 3.62. The molecule has 2 aliphatic heterocycles. The van der Waals surface area contributed by atoms with Crippen molar-refractivity contribution in [1.29, 1.82) is 5.26 Å². The van der Waals surface area contributed by atoms with Gasteiger partial charge >= 0.3 is 0 Å². The molecule has 2 fully saturated rings. The fourth-order valence-corrected chi connectivity index (χ4v) is 6.89. The normalized spacial score (nSPS) is 26.3. The predicted octanol–water partition coefficient (Wildman–Crippen LogP) is 1.51. The summed E-state index contributed by atoms with van der Waals surface area (Å²) in [5.74, 6) is -0.295. The number of fused-ring (bicyclic) bond motifs is 1. The fraction of sp³-hybridized carbons (Fsp3) is 0.438. The van der Waals surface area contributed by atoms with Gasteiger partial charge in [0.2, 0.25) is 0 Å². The van der Waals surface area contributed by atoms with Crippen LogP contribution in [-0.2, 0) is 21.2 Å². The standard InChI is InChI=1S/C16H17N3O3S2/c1-11-2-4-12(5-3-11)8-19-13-9-24(21,22)10-14(13)23-16(19)18-15(20)6-7-17/h2-5,13-14H,6,8-10H2,1H3. The zero-order chi connectivity index (χ0) is 17.3. The van der Waals surface area contributed by atoms with Gasteiger partial charge in [0.25, 0.3) is 5.91 Å². The minimum Gasteiger partial charge on any atom is -0.342 e. The lowest BCUT2D eigenvalue weighted by molar-refractivity contribution is -0.116. The summed E-state index contributed by atoms with van der Waals surface area (Å²) in [6.07, 6.45) is -0.268. The summed E-state index contributed by atoms with van der Waals surface area (Å²) in [5, 5.41) is 9.05. The van der Waals surface area contributed by atoms with Gasteiger partial charge in [0, 0.05) is 11.8 Å². The van der Waals surface area contributed by atoms with Gasteiger partial charge in [-0.2, -0.15) is 10.3 Å². The van der Waals surface area contributed by atoms with E-state index in [1.54, 1.807) is 6.07 Å². The van der Waals surface area contributed by atoms with Gasteiger partial charge in [-0.05, 0) is 12.5 Å². The number of hydrogen-bond acceptors (Lipinski definition) is 5. The molecule has 126 valence electrons. The summed E-state index contributed by atoms with van der Waals surface area (Å²) >= 11 is 1.33. The number of aryl methyl sites for hydroxylation is 1. The number of thioether (sulfide) groups is 1. The van der Waals surface area contributed by atoms with E-state index in [0.717, 1.165) is 11.1 Å². The van der Waals surface area contributed by atoms with Gasteiger partial charge in [0.05, 0.1) is 23.6 Å². The Labute approximate surface area is 145 Å². The van der Waals surface area contributed by atoms with Crippen molar-refractivity contribution >= 4 is 32.7 Å². The van der Waals surface area contributed by atoms with Gasteiger partial charge in [0.1, 0.15) is 6.42 Å². The average Bonchev–Trinajstić information content (AvgIpc) is 2.95. The maximum atomic E-state index is 11.9. The van der Waals surface area contributed by atoms with Crippen LogP contribution in [-0.4, -0.2) is 47.2 Å². The Kier molecular flexibility index (Phi) is 4.65. The maximum absolute atomic E-state index is 11.9. The quantitative estimate of drug-likeness (QED) is 0.808. The molecule has 6 nitrogen and oxygen atoms in total. The summed E-state index contributed by atoms with van der Waals surface area (Å²) < 4.78 is 23.9. The topological polar surface area (TPSA) is 90.6 Å². The number of carbonyl (C=O) groups excluding carboxylic acids is 1. The van der Waals surface area contributed by atoms with Crippen molar-refractivity contribution in [2.24, 2.45) is 4.99 Å². The van der Waals surface area contributed by atoms with E-state index in [2.05, 4.69) is 4.99 Å². The van der Waals surface area contributed by atoms with Crippen molar-refractivity contribution in [3.05, 3.63) is 35.4 Å². The number of amides is 1. The molecule has 2 saturated heterocycles. The molecule has 0 spiro atoms. The first kappa shape index (κ1) is 17.0. The summed E-state index contributed by atoms with van der Waals surface area (Å²) in [7, 11) is -3.05. The minimum absolute atomic E-state index is 0.0853. The van der Waals surface area contributed by atoms with Gasteiger partial charge in [-0.15, -0.1) is 0 Å². The summed E-state index contributed by atoms with van der Waals surface area (Å²) in [4.78, 5) is 17.7. The molecule has 1 amide bonds. The Bertz CT molecular complexity index is 825. The Balaban J connectivity index is 1.88. The smallest absolute Gasteiger partial charge is 0.262 e. The van der Waals surface area contributed by atoms with Crippen molar-refractivity contribution in [2.45, 2.75) is 31.2 Å². The van der Waals surface area contributed by atoms with E-state index in [-0.39, 0.29) is 29.2 Å². The van der Waals surface area contributed by atoms with Gasteiger partial charge < -0.3 is 4.90 Å². The van der Waals surface area contributed by atoms with Crippen molar-refractivity contribution < 1.29 is 13.2 Å². The number of rotatable bonds is 3.